The number of hydrogen-bond donors (Lipinski definition) is 1. The van der Waals surface area contributed by atoms with E-state index in [1.807, 2.05) is 0 Å². The van der Waals surface area contributed by atoms with Crippen LogP contribution in [0.15, 0.2) is 0 Å². The van der Waals surface area contributed by atoms with Crippen LogP contribution in [0, 0.1) is 23.7 Å². The van der Waals surface area contributed by atoms with Crippen LogP contribution in [0.5, 0.6) is 0 Å². The van der Waals surface area contributed by atoms with E-state index < -0.39 is 51.9 Å². The SMILES string of the molecule is O=C(OC(CS(=O)(=O)O)C(F)(F)F)C1C2CC3OC(=O)C1C3C2. The Hall–Kier alpha value is -1.36. The van der Waals surface area contributed by atoms with Crippen LogP contribution in [0.25, 0.3) is 0 Å². The molecule has 23 heavy (non-hydrogen) atoms. The van der Waals surface area contributed by atoms with Crippen molar-refractivity contribution in [3.05, 3.63) is 0 Å². The summed E-state index contributed by atoms with van der Waals surface area (Å²) in [5.74, 6) is -6.07. The first-order chi connectivity index (χ1) is 10.5. The molecule has 2 aliphatic carbocycles. The minimum Gasteiger partial charge on any atom is -0.462 e. The summed E-state index contributed by atoms with van der Waals surface area (Å²) < 4.78 is 77.8. The van der Waals surface area contributed by atoms with Gasteiger partial charge in [-0.2, -0.15) is 21.6 Å². The van der Waals surface area contributed by atoms with Crippen LogP contribution in [0.3, 0.4) is 0 Å². The molecular weight excluding hydrogens is 345 g/mol. The van der Waals surface area contributed by atoms with Crippen LogP contribution in [-0.2, 0) is 29.2 Å². The van der Waals surface area contributed by atoms with Crippen molar-refractivity contribution in [2.75, 3.05) is 5.75 Å². The van der Waals surface area contributed by atoms with Gasteiger partial charge in [0.05, 0.1) is 11.8 Å². The minimum absolute atomic E-state index is 0.198. The predicted octanol–water partition coefficient (Wildman–Crippen LogP) is 0.546. The quantitative estimate of drug-likeness (QED) is 0.577. The Bertz CT molecular complexity index is 642. The summed E-state index contributed by atoms with van der Waals surface area (Å²) in [6.45, 7) is 0. The highest BCUT2D eigenvalue weighted by molar-refractivity contribution is 7.85. The van der Waals surface area contributed by atoms with E-state index in [1.54, 1.807) is 0 Å². The molecule has 130 valence electrons. The number of esters is 2. The Morgan fingerprint density at radius 3 is 2.61 bits per heavy atom. The highest BCUT2D eigenvalue weighted by atomic mass is 32.2. The summed E-state index contributed by atoms with van der Waals surface area (Å²) in [5.41, 5.74) is 0. The number of fused-ring (bicyclic) bond motifs is 1. The van der Waals surface area contributed by atoms with Gasteiger partial charge in [0.2, 0.25) is 6.10 Å². The fourth-order valence-corrected chi connectivity index (χ4v) is 4.57. The second-order valence-electron chi connectivity index (χ2n) is 6.14. The average molecular weight is 358 g/mol. The smallest absolute Gasteiger partial charge is 0.426 e. The van der Waals surface area contributed by atoms with E-state index in [9.17, 15) is 31.2 Å². The van der Waals surface area contributed by atoms with Crippen LogP contribution in [0.4, 0.5) is 13.2 Å². The highest BCUT2D eigenvalue weighted by Crippen LogP contribution is 2.58. The minimum atomic E-state index is -5.15. The summed E-state index contributed by atoms with van der Waals surface area (Å²) in [5, 5.41) is 0. The fraction of sp³-hybridized carbons (Fsp3) is 0.833. The zero-order valence-corrected chi connectivity index (χ0v) is 12.3. The lowest BCUT2D eigenvalue weighted by Crippen LogP contribution is -2.43. The number of ether oxygens (including phenoxy) is 2. The number of rotatable bonds is 4. The molecule has 3 fully saturated rings. The van der Waals surface area contributed by atoms with Gasteiger partial charge < -0.3 is 9.47 Å². The van der Waals surface area contributed by atoms with Crippen molar-refractivity contribution in [1.82, 2.24) is 0 Å². The molecule has 7 nitrogen and oxygen atoms in total. The van der Waals surface area contributed by atoms with Gasteiger partial charge in [-0.3, -0.25) is 14.1 Å². The first-order valence-corrected chi connectivity index (χ1v) is 8.51. The van der Waals surface area contributed by atoms with Crippen molar-refractivity contribution in [1.29, 1.82) is 0 Å². The molecule has 0 spiro atoms. The van der Waals surface area contributed by atoms with Crippen molar-refractivity contribution >= 4 is 22.1 Å². The molecule has 1 heterocycles. The van der Waals surface area contributed by atoms with Gasteiger partial charge in [-0.25, -0.2) is 0 Å². The van der Waals surface area contributed by atoms with Crippen molar-refractivity contribution in [2.45, 2.75) is 31.2 Å². The van der Waals surface area contributed by atoms with Crippen LogP contribution in [0.1, 0.15) is 12.8 Å². The maximum atomic E-state index is 12.8. The number of carbonyl (C=O) groups is 2. The normalized spacial score (nSPS) is 36.9. The number of halogens is 3. The zero-order valence-electron chi connectivity index (χ0n) is 11.5. The van der Waals surface area contributed by atoms with Crippen molar-refractivity contribution in [2.24, 2.45) is 23.7 Å². The third-order valence-electron chi connectivity index (χ3n) is 4.74. The molecule has 0 aromatic rings. The van der Waals surface area contributed by atoms with Crippen molar-refractivity contribution in [3.8, 4) is 0 Å². The Balaban J connectivity index is 1.76. The van der Waals surface area contributed by atoms with E-state index in [1.165, 1.54) is 0 Å². The molecule has 1 saturated heterocycles. The van der Waals surface area contributed by atoms with Gasteiger partial charge in [-0.05, 0) is 18.8 Å². The molecule has 2 bridgehead atoms. The van der Waals surface area contributed by atoms with Crippen molar-refractivity contribution < 1.29 is 45.2 Å². The first kappa shape index (κ1) is 16.5. The standard InChI is InChI=1S/C12H13F3O7S/c13-12(14,15)7(3-23(18,19)20)22-10(16)8-4-1-5-6(2-4)21-11(17)9(5)8/h4-9H,1-3H2,(H,18,19,20). The number of hydrogen-bond acceptors (Lipinski definition) is 6. The highest BCUT2D eigenvalue weighted by Gasteiger charge is 2.65. The van der Waals surface area contributed by atoms with Crippen LogP contribution in [0.2, 0.25) is 0 Å². The molecule has 0 amide bonds. The zero-order chi connectivity index (χ0) is 17.2. The van der Waals surface area contributed by atoms with Gasteiger partial charge in [-0.1, -0.05) is 0 Å². The van der Waals surface area contributed by atoms with Crippen molar-refractivity contribution in [3.63, 3.8) is 0 Å². The van der Waals surface area contributed by atoms with Gasteiger partial charge in [-0.15, -0.1) is 0 Å². The monoisotopic (exact) mass is 358 g/mol. The largest absolute Gasteiger partial charge is 0.462 e. The summed E-state index contributed by atoms with van der Waals surface area (Å²) in [6, 6.07) is 0. The molecule has 1 N–H and O–H groups in total. The molecule has 0 aromatic carbocycles. The van der Waals surface area contributed by atoms with Crippen LogP contribution >= 0.6 is 0 Å². The van der Waals surface area contributed by atoms with Gasteiger partial charge in [0.15, 0.2) is 0 Å². The Kier molecular flexibility index (Phi) is 3.63. The topological polar surface area (TPSA) is 107 Å². The molecular formula is C12H13F3O7S. The van der Waals surface area contributed by atoms with Gasteiger partial charge in [0, 0.05) is 5.92 Å². The second-order valence-corrected chi connectivity index (χ2v) is 7.64. The van der Waals surface area contributed by atoms with E-state index in [-0.39, 0.29) is 17.9 Å². The number of carbonyl (C=O) groups excluding carboxylic acids is 2. The Morgan fingerprint density at radius 2 is 2.04 bits per heavy atom. The van der Waals surface area contributed by atoms with E-state index in [2.05, 4.69) is 4.74 Å². The van der Waals surface area contributed by atoms with Gasteiger partial charge in [0.25, 0.3) is 10.1 Å². The maximum Gasteiger partial charge on any atom is 0.426 e. The molecule has 0 radical (unpaired) electrons. The van der Waals surface area contributed by atoms with Crippen LogP contribution in [-0.4, -0.2) is 49.0 Å². The second kappa shape index (κ2) is 5.07. The third-order valence-corrected chi connectivity index (χ3v) is 5.46. The molecule has 3 rings (SSSR count). The molecule has 0 aromatic heterocycles. The lowest BCUT2D eigenvalue weighted by Gasteiger charge is -2.26. The molecule has 11 heteroatoms. The molecule has 2 saturated carbocycles. The first-order valence-electron chi connectivity index (χ1n) is 6.90. The van der Waals surface area contributed by atoms with E-state index >= 15 is 0 Å². The predicted molar refractivity (Wildman–Crippen MR) is 65.4 cm³/mol. The van der Waals surface area contributed by atoms with Crippen LogP contribution < -0.4 is 0 Å². The molecule has 3 aliphatic rings. The summed E-state index contributed by atoms with van der Waals surface area (Å²) in [6.07, 6.45) is -7.53. The molecule has 1 aliphatic heterocycles. The molecule has 6 unspecified atom stereocenters. The molecule has 6 atom stereocenters. The summed E-state index contributed by atoms with van der Waals surface area (Å²) >= 11 is 0. The van der Waals surface area contributed by atoms with E-state index in [0.717, 1.165) is 0 Å². The summed E-state index contributed by atoms with van der Waals surface area (Å²) in [7, 11) is -5.00. The summed E-state index contributed by atoms with van der Waals surface area (Å²) in [4.78, 5) is 23.8. The van der Waals surface area contributed by atoms with E-state index in [0.29, 0.717) is 12.8 Å². The lowest BCUT2D eigenvalue weighted by atomic mass is 9.80. The third kappa shape index (κ3) is 2.91. The van der Waals surface area contributed by atoms with Gasteiger partial charge in [0.1, 0.15) is 11.9 Å². The lowest BCUT2D eigenvalue weighted by molar-refractivity contribution is -0.219. The Morgan fingerprint density at radius 1 is 1.39 bits per heavy atom. The Labute approximate surface area is 128 Å². The average Bonchev–Trinajstić information content (AvgIpc) is 2.95. The fourth-order valence-electron chi connectivity index (χ4n) is 3.93. The number of alkyl halides is 3. The maximum absolute atomic E-state index is 12.8. The van der Waals surface area contributed by atoms with E-state index in [4.69, 9.17) is 9.29 Å². The van der Waals surface area contributed by atoms with Gasteiger partial charge >= 0.3 is 18.1 Å².